The lowest BCUT2D eigenvalue weighted by atomic mass is 10.1. The first-order valence-electron chi connectivity index (χ1n) is 8.43. The zero-order chi connectivity index (χ0) is 20.1. The average molecular weight is 417 g/mol. The number of ether oxygens (including phenoxy) is 2. The number of carbonyl (C=O) groups is 1. The molecule has 0 atom stereocenters. The first-order chi connectivity index (χ1) is 13.5. The lowest BCUT2D eigenvalue weighted by Gasteiger charge is -2.13. The molecule has 28 heavy (non-hydrogen) atoms. The fourth-order valence-corrected chi connectivity index (χ4v) is 3.10. The molecule has 0 saturated heterocycles. The van der Waals surface area contributed by atoms with Crippen LogP contribution in [0.2, 0.25) is 10.0 Å². The number of aromatic nitrogens is 2. The molecule has 144 valence electrons. The third-order valence-electron chi connectivity index (χ3n) is 3.99. The highest BCUT2D eigenvalue weighted by Gasteiger charge is 2.10. The second kappa shape index (κ2) is 8.95. The van der Waals surface area contributed by atoms with Crippen LogP contribution in [0, 0.1) is 0 Å². The van der Waals surface area contributed by atoms with E-state index < -0.39 is 0 Å². The van der Waals surface area contributed by atoms with Gasteiger partial charge in [0.05, 0.1) is 17.2 Å². The Morgan fingerprint density at radius 3 is 2.57 bits per heavy atom. The van der Waals surface area contributed by atoms with E-state index in [4.69, 9.17) is 32.7 Å². The van der Waals surface area contributed by atoms with Crippen LogP contribution in [0.1, 0.15) is 21.6 Å². The molecule has 2 aromatic carbocycles. The van der Waals surface area contributed by atoms with Gasteiger partial charge in [-0.3, -0.25) is 9.48 Å². The van der Waals surface area contributed by atoms with Gasteiger partial charge < -0.3 is 9.47 Å². The van der Waals surface area contributed by atoms with E-state index in [2.05, 4.69) is 5.10 Å². The first-order valence-corrected chi connectivity index (χ1v) is 9.19. The number of rotatable bonds is 7. The summed E-state index contributed by atoms with van der Waals surface area (Å²) in [6.07, 6.45) is 4.94. The third-order valence-corrected chi connectivity index (χ3v) is 4.58. The Bertz CT molecular complexity index is 1010. The number of benzene rings is 2. The van der Waals surface area contributed by atoms with Crippen LogP contribution in [-0.2, 0) is 13.7 Å². The Kier molecular flexibility index (Phi) is 6.39. The molecule has 0 unspecified atom stereocenters. The van der Waals surface area contributed by atoms with Gasteiger partial charge in [-0.2, -0.15) is 5.10 Å². The Hall–Kier alpha value is -2.76. The molecular weight excluding hydrogens is 399 g/mol. The van der Waals surface area contributed by atoms with E-state index in [0.29, 0.717) is 27.2 Å². The Morgan fingerprint density at radius 2 is 1.93 bits per heavy atom. The second-order valence-electron chi connectivity index (χ2n) is 5.98. The second-order valence-corrected chi connectivity index (χ2v) is 6.80. The molecule has 1 heterocycles. The Labute approximate surface area is 173 Å². The van der Waals surface area contributed by atoms with Gasteiger partial charge in [0, 0.05) is 18.8 Å². The van der Waals surface area contributed by atoms with Gasteiger partial charge in [-0.15, -0.1) is 0 Å². The van der Waals surface area contributed by atoms with Crippen LogP contribution in [0.5, 0.6) is 11.5 Å². The molecule has 0 spiro atoms. The summed E-state index contributed by atoms with van der Waals surface area (Å²) >= 11 is 12.3. The van der Waals surface area contributed by atoms with Crippen LogP contribution >= 0.6 is 23.2 Å². The number of nitrogens with zero attached hydrogens (tertiary/aromatic N) is 2. The molecule has 0 fully saturated rings. The third kappa shape index (κ3) is 4.74. The molecule has 1 aromatic heterocycles. The van der Waals surface area contributed by atoms with E-state index in [1.165, 1.54) is 6.08 Å². The van der Waals surface area contributed by atoms with E-state index >= 15 is 0 Å². The van der Waals surface area contributed by atoms with E-state index in [1.54, 1.807) is 55.4 Å². The lowest BCUT2D eigenvalue weighted by Crippen LogP contribution is -2.00. The molecule has 0 aliphatic rings. The minimum atomic E-state index is -0.169. The number of aryl methyl sites for hydroxylation is 1. The van der Waals surface area contributed by atoms with Gasteiger partial charge in [-0.1, -0.05) is 41.4 Å². The van der Waals surface area contributed by atoms with Crippen molar-refractivity contribution in [1.82, 2.24) is 9.78 Å². The molecule has 0 aliphatic heterocycles. The molecule has 0 aliphatic carbocycles. The van der Waals surface area contributed by atoms with Crippen LogP contribution in [-0.4, -0.2) is 22.7 Å². The van der Waals surface area contributed by atoms with Gasteiger partial charge in [-0.25, -0.2) is 0 Å². The van der Waals surface area contributed by atoms with Gasteiger partial charge >= 0.3 is 0 Å². The summed E-state index contributed by atoms with van der Waals surface area (Å²) in [6, 6.07) is 12.4. The van der Waals surface area contributed by atoms with Gasteiger partial charge in [0.15, 0.2) is 5.75 Å². The van der Waals surface area contributed by atoms with E-state index in [0.717, 1.165) is 11.1 Å². The van der Waals surface area contributed by atoms with Crippen molar-refractivity contribution >= 4 is 35.1 Å². The molecule has 0 amide bonds. The maximum atomic E-state index is 12.2. The SMILES string of the molecule is COc1ccc(/C=C/C(=O)c2ccn(C)n2)cc1COc1c(Cl)cccc1Cl. The van der Waals surface area contributed by atoms with Crippen molar-refractivity contribution in [2.45, 2.75) is 6.61 Å². The van der Waals surface area contributed by atoms with Crippen molar-refractivity contribution in [3.63, 3.8) is 0 Å². The zero-order valence-corrected chi connectivity index (χ0v) is 16.9. The van der Waals surface area contributed by atoms with Crippen molar-refractivity contribution in [2.75, 3.05) is 7.11 Å². The quantitative estimate of drug-likeness (QED) is 0.391. The highest BCUT2D eigenvalue weighted by molar-refractivity contribution is 6.37. The van der Waals surface area contributed by atoms with Crippen LogP contribution < -0.4 is 9.47 Å². The standard InChI is InChI=1S/C21H18Cl2N2O3/c1-25-11-10-18(24-25)19(26)8-6-14-7-9-20(27-2)15(12-14)13-28-21-16(22)4-3-5-17(21)23/h3-12H,13H2,1-2H3/b8-6+. The molecular formula is C21H18Cl2N2O3. The number of allylic oxidation sites excluding steroid dienone is 1. The summed E-state index contributed by atoms with van der Waals surface area (Å²) in [6.45, 7) is 0.211. The smallest absolute Gasteiger partial charge is 0.206 e. The Morgan fingerprint density at radius 1 is 1.18 bits per heavy atom. The summed E-state index contributed by atoms with van der Waals surface area (Å²) in [5.74, 6) is 0.910. The molecule has 0 radical (unpaired) electrons. The number of hydrogen-bond acceptors (Lipinski definition) is 4. The van der Waals surface area contributed by atoms with Crippen molar-refractivity contribution in [1.29, 1.82) is 0 Å². The monoisotopic (exact) mass is 416 g/mol. The van der Waals surface area contributed by atoms with Gasteiger partial charge in [0.25, 0.3) is 0 Å². The fourth-order valence-electron chi connectivity index (χ4n) is 2.59. The fraction of sp³-hybridized carbons (Fsp3) is 0.143. The van der Waals surface area contributed by atoms with Crippen LogP contribution in [0.15, 0.2) is 54.7 Å². The largest absolute Gasteiger partial charge is 0.496 e. The number of hydrogen-bond donors (Lipinski definition) is 0. The van der Waals surface area contributed by atoms with Crippen molar-refractivity contribution < 1.29 is 14.3 Å². The van der Waals surface area contributed by atoms with Gasteiger partial charge in [-0.05, 0) is 42.0 Å². The molecule has 5 nitrogen and oxygen atoms in total. The van der Waals surface area contributed by atoms with Crippen LogP contribution in [0.4, 0.5) is 0 Å². The van der Waals surface area contributed by atoms with Crippen LogP contribution in [0.3, 0.4) is 0 Å². The van der Waals surface area contributed by atoms with E-state index in [9.17, 15) is 4.79 Å². The number of ketones is 1. The minimum Gasteiger partial charge on any atom is -0.496 e. The first kappa shape index (κ1) is 20.0. The highest BCUT2D eigenvalue weighted by atomic mass is 35.5. The maximum absolute atomic E-state index is 12.2. The Balaban J connectivity index is 1.78. The predicted molar refractivity (Wildman–Crippen MR) is 110 cm³/mol. The molecule has 0 N–H and O–H groups in total. The topological polar surface area (TPSA) is 53.4 Å². The van der Waals surface area contributed by atoms with Crippen LogP contribution in [0.25, 0.3) is 6.08 Å². The summed E-state index contributed by atoms with van der Waals surface area (Å²) < 4.78 is 12.8. The number of halogens is 2. The summed E-state index contributed by atoms with van der Waals surface area (Å²) in [7, 11) is 3.35. The van der Waals surface area contributed by atoms with E-state index in [-0.39, 0.29) is 12.4 Å². The lowest BCUT2D eigenvalue weighted by molar-refractivity contribution is 0.104. The normalized spacial score (nSPS) is 11.0. The van der Waals surface area contributed by atoms with E-state index in [1.807, 2.05) is 18.2 Å². The van der Waals surface area contributed by atoms with Gasteiger partial charge in [0.1, 0.15) is 18.1 Å². The highest BCUT2D eigenvalue weighted by Crippen LogP contribution is 2.33. The molecule has 3 aromatic rings. The maximum Gasteiger partial charge on any atom is 0.206 e. The van der Waals surface area contributed by atoms with Crippen molar-refractivity contribution in [3.05, 3.63) is 81.6 Å². The summed E-state index contributed by atoms with van der Waals surface area (Å²) in [4.78, 5) is 12.2. The van der Waals surface area contributed by atoms with Crippen molar-refractivity contribution in [2.24, 2.45) is 7.05 Å². The number of para-hydroxylation sites is 1. The molecule has 0 saturated carbocycles. The predicted octanol–water partition coefficient (Wildman–Crippen LogP) is 5.21. The number of methoxy groups -OCH3 is 1. The molecule has 0 bridgehead atoms. The van der Waals surface area contributed by atoms with Crippen molar-refractivity contribution in [3.8, 4) is 11.5 Å². The minimum absolute atomic E-state index is 0.169. The van der Waals surface area contributed by atoms with Gasteiger partial charge in [0.2, 0.25) is 5.78 Å². The summed E-state index contributed by atoms with van der Waals surface area (Å²) in [5.41, 5.74) is 2.02. The zero-order valence-electron chi connectivity index (χ0n) is 15.4. The molecule has 3 rings (SSSR count). The average Bonchev–Trinajstić information content (AvgIpc) is 3.12. The summed E-state index contributed by atoms with van der Waals surface area (Å²) in [5, 5.41) is 4.97. The number of carbonyl (C=O) groups excluding carboxylic acids is 1. The molecule has 7 heteroatoms.